The van der Waals surface area contributed by atoms with Crippen molar-refractivity contribution < 1.29 is 19.1 Å². The molecule has 0 spiro atoms. The summed E-state index contributed by atoms with van der Waals surface area (Å²) in [6.45, 7) is 4.91. The van der Waals surface area contributed by atoms with Crippen LogP contribution in [0.2, 0.25) is 0 Å². The molecule has 1 aliphatic carbocycles. The molecule has 152 valence electrons. The zero-order valence-electron chi connectivity index (χ0n) is 16.9. The molecule has 0 radical (unpaired) electrons. The second-order valence-corrected chi connectivity index (χ2v) is 7.31. The lowest BCUT2D eigenvalue weighted by molar-refractivity contribution is -0.140. The fraction of sp³-hybridized carbons (Fsp3) is 0.545. The molecule has 0 bridgehead atoms. The zero-order chi connectivity index (χ0) is 19.9. The van der Waals surface area contributed by atoms with Crippen molar-refractivity contribution in [2.75, 3.05) is 39.9 Å². The Kier molecular flexibility index (Phi) is 6.95. The summed E-state index contributed by atoms with van der Waals surface area (Å²) < 4.78 is 10.9. The van der Waals surface area contributed by atoms with Crippen molar-refractivity contribution in [2.24, 2.45) is 5.92 Å². The number of carbonyl (C=O) groups excluding carboxylic acids is 2. The molecule has 1 aromatic rings. The van der Waals surface area contributed by atoms with Crippen molar-refractivity contribution in [3.63, 3.8) is 0 Å². The predicted molar refractivity (Wildman–Crippen MR) is 108 cm³/mol. The maximum absolute atomic E-state index is 12.5. The molecule has 0 unspecified atom stereocenters. The van der Waals surface area contributed by atoms with Crippen molar-refractivity contribution in [1.82, 2.24) is 9.80 Å². The van der Waals surface area contributed by atoms with Gasteiger partial charge in [-0.3, -0.25) is 9.59 Å². The van der Waals surface area contributed by atoms with E-state index in [0.29, 0.717) is 44.3 Å². The van der Waals surface area contributed by atoms with E-state index in [-0.39, 0.29) is 17.7 Å². The highest BCUT2D eigenvalue weighted by Crippen LogP contribution is 2.29. The number of hydrogen-bond acceptors (Lipinski definition) is 4. The van der Waals surface area contributed by atoms with Crippen molar-refractivity contribution in [3.05, 3.63) is 29.8 Å². The van der Waals surface area contributed by atoms with E-state index in [0.717, 1.165) is 31.2 Å². The molecule has 2 fully saturated rings. The molecule has 1 aromatic carbocycles. The molecule has 3 rings (SSSR count). The van der Waals surface area contributed by atoms with Gasteiger partial charge in [0.05, 0.1) is 13.7 Å². The molecule has 0 N–H and O–H groups in total. The average molecular weight is 386 g/mol. The minimum absolute atomic E-state index is 0.0262. The second kappa shape index (κ2) is 9.62. The van der Waals surface area contributed by atoms with E-state index < -0.39 is 0 Å². The minimum Gasteiger partial charge on any atom is -0.493 e. The van der Waals surface area contributed by atoms with Crippen LogP contribution >= 0.6 is 0 Å². The molecule has 28 heavy (non-hydrogen) atoms. The summed E-state index contributed by atoms with van der Waals surface area (Å²) in [5, 5.41) is 0. The third-order valence-electron chi connectivity index (χ3n) is 5.51. The SMILES string of the molecule is CCOc1cc(/C=C/C(=O)N2CCN(C(=O)C3CCCC3)CC2)ccc1OC. The number of ether oxygens (including phenoxy) is 2. The van der Waals surface area contributed by atoms with Gasteiger partial charge in [-0.15, -0.1) is 0 Å². The van der Waals surface area contributed by atoms with Crippen LogP contribution in [-0.2, 0) is 9.59 Å². The van der Waals surface area contributed by atoms with E-state index in [1.165, 1.54) is 0 Å². The Balaban J connectivity index is 1.54. The number of rotatable bonds is 6. The van der Waals surface area contributed by atoms with Gasteiger partial charge in [0.2, 0.25) is 11.8 Å². The van der Waals surface area contributed by atoms with Crippen LogP contribution in [0, 0.1) is 5.92 Å². The van der Waals surface area contributed by atoms with Gasteiger partial charge in [0.25, 0.3) is 0 Å². The molecule has 2 amide bonds. The van der Waals surface area contributed by atoms with Crippen molar-refractivity contribution in [1.29, 1.82) is 0 Å². The first-order valence-electron chi connectivity index (χ1n) is 10.2. The molecule has 0 atom stereocenters. The van der Waals surface area contributed by atoms with Crippen molar-refractivity contribution in [2.45, 2.75) is 32.6 Å². The fourth-order valence-electron chi connectivity index (χ4n) is 3.92. The van der Waals surface area contributed by atoms with E-state index in [4.69, 9.17) is 9.47 Å². The standard InChI is InChI=1S/C22H30N2O4/c1-3-28-20-16-17(8-10-19(20)27-2)9-11-21(25)23-12-14-24(15-13-23)22(26)18-6-4-5-7-18/h8-11,16,18H,3-7,12-15H2,1-2H3/b11-9+. The number of methoxy groups -OCH3 is 1. The number of carbonyl (C=O) groups is 2. The van der Waals surface area contributed by atoms with E-state index >= 15 is 0 Å². The average Bonchev–Trinajstić information content (AvgIpc) is 3.27. The first kappa shape index (κ1) is 20.2. The second-order valence-electron chi connectivity index (χ2n) is 7.31. The largest absolute Gasteiger partial charge is 0.493 e. The van der Waals surface area contributed by atoms with E-state index in [1.807, 2.05) is 34.9 Å². The Morgan fingerprint density at radius 1 is 1.07 bits per heavy atom. The molecule has 0 aromatic heterocycles. The number of amides is 2. The number of benzene rings is 1. The monoisotopic (exact) mass is 386 g/mol. The lowest BCUT2D eigenvalue weighted by atomic mass is 10.1. The topological polar surface area (TPSA) is 59.1 Å². The fourth-order valence-corrected chi connectivity index (χ4v) is 3.92. The van der Waals surface area contributed by atoms with Crippen molar-refractivity contribution >= 4 is 17.9 Å². The van der Waals surface area contributed by atoms with Crippen LogP contribution in [0.4, 0.5) is 0 Å². The van der Waals surface area contributed by atoms with Crippen LogP contribution in [0.1, 0.15) is 38.2 Å². The summed E-state index contributed by atoms with van der Waals surface area (Å²) in [6.07, 6.45) is 7.75. The highest BCUT2D eigenvalue weighted by Gasteiger charge is 2.30. The van der Waals surface area contributed by atoms with Crippen molar-refractivity contribution in [3.8, 4) is 11.5 Å². The number of piperazine rings is 1. The van der Waals surface area contributed by atoms with Gasteiger partial charge in [0, 0.05) is 38.2 Å². The van der Waals surface area contributed by atoms with Gasteiger partial charge in [0.15, 0.2) is 11.5 Å². The normalized spacial score (nSPS) is 17.9. The van der Waals surface area contributed by atoms with Crippen LogP contribution in [0.25, 0.3) is 6.08 Å². The van der Waals surface area contributed by atoms with Gasteiger partial charge < -0.3 is 19.3 Å². The Labute approximate surface area is 167 Å². The van der Waals surface area contributed by atoms with Crippen LogP contribution in [0.5, 0.6) is 11.5 Å². The Bertz CT molecular complexity index is 717. The lowest BCUT2D eigenvalue weighted by Gasteiger charge is -2.35. The molecule has 1 aliphatic heterocycles. The number of nitrogens with zero attached hydrogens (tertiary/aromatic N) is 2. The summed E-state index contributed by atoms with van der Waals surface area (Å²) in [5.41, 5.74) is 0.882. The first-order chi connectivity index (χ1) is 13.6. The molecular weight excluding hydrogens is 356 g/mol. The highest BCUT2D eigenvalue weighted by molar-refractivity contribution is 5.92. The van der Waals surface area contributed by atoms with Crippen LogP contribution in [0.15, 0.2) is 24.3 Å². The Morgan fingerprint density at radius 2 is 1.75 bits per heavy atom. The van der Waals surface area contributed by atoms with Gasteiger partial charge in [-0.1, -0.05) is 18.9 Å². The molecule has 6 nitrogen and oxygen atoms in total. The molecule has 1 saturated carbocycles. The smallest absolute Gasteiger partial charge is 0.246 e. The molecule has 6 heteroatoms. The van der Waals surface area contributed by atoms with Crippen LogP contribution in [-0.4, -0.2) is 61.5 Å². The van der Waals surface area contributed by atoms with E-state index in [2.05, 4.69) is 0 Å². The summed E-state index contributed by atoms with van der Waals surface area (Å²) in [5.74, 6) is 1.80. The molecule has 1 heterocycles. The summed E-state index contributed by atoms with van der Waals surface area (Å²) in [6, 6.07) is 5.59. The maximum atomic E-state index is 12.5. The third kappa shape index (κ3) is 4.86. The van der Waals surface area contributed by atoms with Gasteiger partial charge in [-0.05, 0) is 43.5 Å². The summed E-state index contributed by atoms with van der Waals surface area (Å²) >= 11 is 0. The Morgan fingerprint density at radius 3 is 2.39 bits per heavy atom. The van der Waals surface area contributed by atoms with Gasteiger partial charge in [0.1, 0.15) is 0 Å². The molecular formula is C22H30N2O4. The zero-order valence-corrected chi connectivity index (χ0v) is 16.9. The maximum Gasteiger partial charge on any atom is 0.246 e. The third-order valence-corrected chi connectivity index (χ3v) is 5.51. The van der Waals surface area contributed by atoms with Gasteiger partial charge in [-0.2, -0.15) is 0 Å². The van der Waals surface area contributed by atoms with Crippen LogP contribution < -0.4 is 9.47 Å². The summed E-state index contributed by atoms with van der Waals surface area (Å²) in [4.78, 5) is 28.8. The predicted octanol–water partition coefficient (Wildman–Crippen LogP) is 2.97. The lowest BCUT2D eigenvalue weighted by Crippen LogP contribution is -2.51. The van der Waals surface area contributed by atoms with Gasteiger partial charge in [-0.25, -0.2) is 0 Å². The quantitative estimate of drug-likeness (QED) is 0.706. The highest BCUT2D eigenvalue weighted by atomic mass is 16.5. The molecule has 1 saturated heterocycles. The summed E-state index contributed by atoms with van der Waals surface area (Å²) in [7, 11) is 1.61. The first-order valence-corrected chi connectivity index (χ1v) is 10.2. The van der Waals surface area contributed by atoms with E-state index in [9.17, 15) is 9.59 Å². The Hall–Kier alpha value is -2.50. The van der Waals surface area contributed by atoms with E-state index in [1.54, 1.807) is 19.3 Å². The number of hydrogen-bond donors (Lipinski definition) is 0. The minimum atomic E-state index is -0.0262. The van der Waals surface area contributed by atoms with Gasteiger partial charge >= 0.3 is 0 Å². The van der Waals surface area contributed by atoms with Crippen LogP contribution in [0.3, 0.4) is 0 Å². The molecule has 2 aliphatic rings.